The number of pyridine rings is 1. The van der Waals surface area contributed by atoms with Crippen molar-refractivity contribution in [2.75, 3.05) is 23.8 Å². The largest absolute Gasteiger partial charge is 0.473 e. The van der Waals surface area contributed by atoms with E-state index in [1.807, 2.05) is 30.3 Å². The molecule has 0 saturated heterocycles. The number of benzene rings is 1. The zero-order chi connectivity index (χ0) is 35.9. The van der Waals surface area contributed by atoms with E-state index < -0.39 is 41.3 Å². The number of rotatable bonds is 11. The molecule has 1 atom stereocenters. The van der Waals surface area contributed by atoms with Crippen molar-refractivity contribution in [3.05, 3.63) is 65.7 Å². The van der Waals surface area contributed by atoms with E-state index in [9.17, 15) is 18.8 Å². The van der Waals surface area contributed by atoms with E-state index in [0.717, 1.165) is 6.20 Å². The van der Waals surface area contributed by atoms with Crippen molar-refractivity contribution in [2.45, 2.75) is 79.2 Å². The normalized spacial score (nSPS) is 12.2. The van der Waals surface area contributed by atoms with E-state index in [1.54, 1.807) is 55.4 Å². The van der Waals surface area contributed by atoms with Crippen LogP contribution in [0.25, 0.3) is 16.8 Å². The van der Waals surface area contributed by atoms with E-state index in [-0.39, 0.29) is 48.4 Å². The van der Waals surface area contributed by atoms with Gasteiger partial charge in [0.25, 0.3) is 0 Å². The number of carbonyl (C=O) groups is 3. The first-order valence-electron chi connectivity index (χ1n) is 15.7. The average molecular weight is 680 g/mol. The third kappa shape index (κ3) is 10.0. The number of carbonyl (C=O) groups excluding carboxylic acids is 3. The molecule has 14 nitrogen and oxygen atoms in total. The number of ether oxygens (including phenoxy) is 4. The maximum absolute atomic E-state index is 14.5. The van der Waals surface area contributed by atoms with Gasteiger partial charge in [0.15, 0.2) is 11.5 Å². The summed E-state index contributed by atoms with van der Waals surface area (Å²) in [5.74, 6) is -0.795. The first-order valence-corrected chi connectivity index (χ1v) is 15.7. The van der Waals surface area contributed by atoms with Crippen LogP contribution in [0.2, 0.25) is 0 Å². The van der Waals surface area contributed by atoms with Gasteiger partial charge in [-0.25, -0.2) is 28.7 Å². The van der Waals surface area contributed by atoms with Crippen LogP contribution in [0.3, 0.4) is 0 Å². The zero-order valence-electron chi connectivity index (χ0n) is 28.8. The van der Waals surface area contributed by atoms with Crippen LogP contribution in [-0.4, -0.2) is 68.2 Å². The Hall–Kier alpha value is -5.47. The lowest BCUT2D eigenvalue weighted by atomic mass is 10.1. The number of esters is 1. The van der Waals surface area contributed by atoms with E-state index >= 15 is 0 Å². The molecule has 0 bridgehead atoms. The Morgan fingerprint density at radius 1 is 0.980 bits per heavy atom. The quantitative estimate of drug-likeness (QED) is 0.119. The highest BCUT2D eigenvalue weighted by Gasteiger charge is 2.27. The summed E-state index contributed by atoms with van der Waals surface area (Å²) in [6, 6.07) is 10.3. The molecule has 15 heteroatoms. The molecule has 0 aliphatic rings. The fourth-order valence-electron chi connectivity index (χ4n) is 4.52. The van der Waals surface area contributed by atoms with Crippen molar-refractivity contribution in [1.82, 2.24) is 24.9 Å². The Morgan fingerprint density at radius 3 is 2.31 bits per heavy atom. The summed E-state index contributed by atoms with van der Waals surface area (Å²) < 4.78 is 37.9. The average Bonchev–Trinajstić information content (AvgIpc) is 3.43. The lowest BCUT2D eigenvalue weighted by molar-refractivity contribution is 0.0500. The predicted molar refractivity (Wildman–Crippen MR) is 180 cm³/mol. The van der Waals surface area contributed by atoms with Gasteiger partial charge in [-0.05, 0) is 67.0 Å². The molecule has 0 fully saturated rings. The summed E-state index contributed by atoms with van der Waals surface area (Å²) in [5.41, 5.74) is 0.0171. The van der Waals surface area contributed by atoms with Crippen molar-refractivity contribution >= 4 is 35.4 Å². The van der Waals surface area contributed by atoms with Gasteiger partial charge in [-0.1, -0.05) is 30.3 Å². The zero-order valence-corrected chi connectivity index (χ0v) is 28.8. The van der Waals surface area contributed by atoms with Crippen molar-refractivity contribution in [3.8, 4) is 17.0 Å². The van der Waals surface area contributed by atoms with Gasteiger partial charge < -0.3 is 29.6 Å². The SMILES string of the molecule is CCOC(=O)c1cnn2c(NC(=O)OC(C)(C)C)c(-c3ccccc3)c(NCc3cc(F)cnc3O[C@@H](C)CNC(=O)OC(C)(C)C)nc12. The molecule has 262 valence electrons. The summed E-state index contributed by atoms with van der Waals surface area (Å²) in [5, 5.41) is 13.0. The van der Waals surface area contributed by atoms with Crippen molar-refractivity contribution in [1.29, 1.82) is 0 Å². The Kier molecular flexibility index (Phi) is 11.3. The molecule has 0 spiro atoms. The fraction of sp³-hybridized carbons (Fsp3) is 0.412. The number of anilines is 2. The van der Waals surface area contributed by atoms with Crippen molar-refractivity contribution < 1.29 is 37.7 Å². The molecule has 0 unspecified atom stereocenters. The minimum atomic E-state index is -0.815. The third-order valence-electron chi connectivity index (χ3n) is 6.41. The predicted octanol–water partition coefficient (Wildman–Crippen LogP) is 6.36. The third-order valence-corrected chi connectivity index (χ3v) is 6.41. The number of halogens is 1. The molecule has 3 heterocycles. The first kappa shape index (κ1) is 36.4. The summed E-state index contributed by atoms with van der Waals surface area (Å²) in [7, 11) is 0. The Bertz CT molecular complexity index is 1800. The molecule has 3 aromatic heterocycles. The molecule has 0 radical (unpaired) electrons. The van der Waals surface area contributed by atoms with Crippen LogP contribution < -0.4 is 20.7 Å². The van der Waals surface area contributed by atoms with Gasteiger partial charge in [0.2, 0.25) is 5.88 Å². The minimum absolute atomic E-state index is 0.0515. The van der Waals surface area contributed by atoms with Gasteiger partial charge >= 0.3 is 18.2 Å². The number of amides is 2. The molecule has 1 aromatic carbocycles. The number of fused-ring (bicyclic) bond motifs is 1. The Balaban J connectivity index is 1.75. The van der Waals surface area contributed by atoms with Gasteiger partial charge in [0.05, 0.1) is 31.1 Å². The number of nitrogens with zero attached hydrogens (tertiary/aromatic N) is 4. The maximum atomic E-state index is 14.5. The first-order chi connectivity index (χ1) is 23.0. The van der Waals surface area contributed by atoms with Gasteiger partial charge in [-0.15, -0.1) is 0 Å². The van der Waals surface area contributed by atoms with Crippen LogP contribution in [0, 0.1) is 5.82 Å². The van der Waals surface area contributed by atoms with E-state index in [1.165, 1.54) is 16.8 Å². The molecule has 0 aliphatic heterocycles. The summed E-state index contributed by atoms with van der Waals surface area (Å²) >= 11 is 0. The second-order valence-electron chi connectivity index (χ2n) is 13.0. The highest BCUT2D eigenvalue weighted by molar-refractivity contribution is 5.99. The summed E-state index contributed by atoms with van der Waals surface area (Å²) in [6.07, 6.45) is 0.379. The standard InChI is InChI=1S/C34H42FN7O7/c1-9-46-30(43)24-19-39-42-27(24)40-26(25(21-13-11-10-12-14-21)28(42)41-32(45)49-34(6,7)8)36-17-22-15-23(35)18-37-29(22)47-20(2)16-38-31(44)48-33(3,4)5/h10-15,18-20H,9,16-17H2,1-8H3,(H,36,40)(H,38,44)(H,41,45)/t20-/m0/s1. The van der Waals surface area contributed by atoms with Crippen molar-refractivity contribution in [2.24, 2.45) is 0 Å². The topological polar surface area (TPSA) is 167 Å². The summed E-state index contributed by atoms with van der Waals surface area (Å²) in [4.78, 5) is 47.0. The van der Waals surface area contributed by atoms with Crippen LogP contribution in [-0.2, 0) is 20.8 Å². The molecule has 4 rings (SSSR count). The van der Waals surface area contributed by atoms with E-state index in [0.29, 0.717) is 16.7 Å². The van der Waals surface area contributed by atoms with Gasteiger partial charge in [0.1, 0.15) is 34.5 Å². The van der Waals surface area contributed by atoms with Crippen LogP contribution in [0.4, 0.5) is 25.6 Å². The smallest absolute Gasteiger partial charge is 0.413 e. The van der Waals surface area contributed by atoms with Crippen LogP contribution in [0.5, 0.6) is 5.88 Å². The number of hydrogen-bond donors (Lipinski definition) is 3. The minimum Gasteiger partial charge on any atom is -0.473 e. The van der Waals surface area contributed by atoms with E-state index in [2.05, 4.69) is 26.0 Å². The number of alkyl carbamates (subject to hydrolysis) is 1. The van der Waals surface area contributed by atoms with Crippen LogP contribution >= 0.6 is 0 Å². The Labute approximate surface area is 283 Å². The lowest BCUT2D eigenvalue weighted by Crippen LogP contribution is -2.37. The molecule has 49 heavy (non-hydrogen) atoms. The van der Waals surface area contributed by atoms with Gasteiger partial charge in [-0.2, -0.15) is 9.61 Å². The van der Waals surface area contributed by atoms with Gasteiger partial charge in [0, 0.05) is 12.1 Å². The molecular weight excluding hydrogens is 637 g/mol. The molecule has 4 aromatic rings. The van der Waals surface area contributed by atoms with Crippen molar-refractivity contribution in [3.63, 3.8) is 0 Å². The maximum Gasteiger partial charge on any atom is 0.413 e. The second kappa shape index (κ2) is 15.2. The summed E-state index contributed by atoms with van der Waals surface area (Å²) in [6.45, 7) is 14.0. The highest BCUT2D eigenvalue weighted by Crippen LogP contribution is 2.36. The number of nitrogens with one attached hydrogen (secondary N) is 3. The highest BCUT2D eigenvalue weighted by atomic mass is 19.1. The monoisotopic (exact) mass is 679 g/mol. The van der Waals surface area contributed by atoms with Crippen LogP contribution in [0.15, 0.2) is 48.8 Å². The molecule has 2 amide bonds. The van der Waals surface area contributed by atoms with Gasteiger partial charge in [-0.3, -0.25) is 5.32 Å². The molecule has 0 saturated carbocycles. The Morgan fingerprint density at radius 2 is 1.65 bits per heavy atom. The number of aromatic nitrogens is 4. The fourth-order valence-corrected chi connectivity index (χ4v) is 4.52. The molecule has 3 N–H and O–H groups in total. The van der Waals surface area contributed by atoms with Crippen LogP contribution in [0.1, 0.15) is 71.3 Å². The molecule has 0 aliphatic carbocycles. The van der Waals surface area contributed by atoms with E-state index in [4.69, 9.17) is 23.9 Å². The molecular formula is C34H42FN7O7. The second-order valence-corrected chi connectivity index (χ2v) is 13.0. The lowest BCUT2D eigenvalue weighted by Gasteiger charge is -2.22. The number of hydrogen-bond acceptors (Lipinski definition) is 11.